The summed E-state index contributed by atoms with van der Waals surface area (Å²) in [4.78, 5) is 12.3. The van der Waals surface area contributed by atoms with Gasteiger partial charge in [-0.05, 0) is 48.0 Å². The van der Waals surface area contributed by atoms with E-state index in [4.69, 9.17) is 58.0 Å². The Labute approximate surface area is 168 Å². The number of halogens is 5. The van der Waals surface area contributed by atoms with Crippen LogP contribution < -0.4 is 10.6 Å². The van der Waals surface area contributed by atoms with Crippen molar-refractivity contribution >= 4 is 81.3 Å². The Morgan fingerprint density at radius 1 is 0.600 bits per heavy atom. The molecule has 25 heavy (non-hydrogen) atoms. The lowest BCUT2D eigenvalue weighted by Crippen LogP contribution is -2.04. The first-order valence-electron chi connectivity index (χ1n) is 6.76. The number of anilines is 4. The number of benzene rings is 2. The van der Waals surface area contributed by atoms with E-state index >= 15 is 0 Å². The standard InChI is InChI=1S/C15H8Cl5N5/c16-7-1-3-11(9(18)5-7)21-14-23-13(20)24-15(25-14)22-12-4-2-8(17)6-10(12)19/h1-6H,(H2,21,22,23,24,25). The number of hydrogen-bond acceptors (Lipinski definition) is 5. The Bertz CT molecular complexity index is 862. The highest BCUT2D eigenvalue weighted by atomic mass is 35.5. The van der Waals surface area contributed by atoms with Crippen molar-refractivity contribution in [1.82, 2.24) is 15.0 Å². The largest absolute Gasteiger partial charge is 0.323 e. The van der Waals surface area contributed by atoms with Gasteiger partial charge in [0.15, 0.2) is 0 Å². The monoisotopic (exact) mass is 433 g/mol. The Balaban J connectivity index is 1.87. The summed E-state index contributed by atoms with van der Waals surface area (Å²) in [5, 5.41) is 7.78. The molecule has 0 saturated heterocycles. The summed E-state index contributed by atoms with van der Waals surface area (Å²) in [5.74, 6) is 0.411. The molecule has 0 saturated carbocycles. The van der Waals surface area contributed by atoms with E-state index in [-0.39, 0.29) is 17.2 Å². The van der Waals surface area contributed by atoms with Crippen molar-refractivity contribution in [1.29, 1.82) is 0 Å². The first kappa shape index (κ1) is 18.3. The lowest BCUT2D eigenvalue weighted by molar-refractivity contribution is 1.06. The van der Waals surface area contributed by atoms with Crippen LogP contribution in [0.1, 0.15) is 0 Å². The molecule has 3 rings (SSSR count). The normalized spacial score (nSPS) is 10.6. The van der Waals surface area contributed by atoms with Crippen LogP contribution in [0.3, 0.4) is 0 Å². The molecule has 2 aromatic carbocycles. The Morgan fingerprint density at radius 3 is 1.44 bits per heavy atom. The van der Waals surface area contributed by atoms with E-state index in [0.717, 1.165) is 0 Å². The van der Waals surface area contributed by atoms with Gasteiger partial charge in [-0.2, -0.15) is 15.0 Å². The van der Waals surface area contributed by atoms with Gasteiger partial charge in [-0.15, -0.1) is 0 Å². The average molecular weight is 436 g/mol. The van der Waals surface area contributed by atoms with Crippen molar-refractivity contribution in [3.8, 4) is 0 Å². The van der Waals surface area contributed by atoms with Crippen molar-refractivity contribution in [2.24, 2.45) is 0 Å². The smallest absolute Gasteiger partial charge is 0.233 e. The van der Waals surface area contributed by atoms with Crippen LogP contribution in [-0.2, 0) is 0 Å². The number of nitrogens with one attached hydrogen (secondary N) is 2. The topological polar surface area (TPSA) is 62.7 Å². The van der Waals surface area contributed by atoms with Gasteiger partial charge in [0.2, 0.25) is 17.2 Å². The van der Waals surface area contributed by atoms with Crippen LogP contribution in [0.2, 0.25) is 25.4 Å². The molecule has 0 aliphatic rings. The molecule has 0 bridgehead atoms. The number of nitrogens with zero attached hydrogens (tertiary/aromatic N) is 3. The zero-order valence-electron chi connectivity index (χ0n) is 12.2. The van der Waals surface area contributed by atoms with Gasteiger partial charge in [0.1, 0.15) is 0 Å². The van der Waals surface area contributed by atoms with Gasteiger partial charge in [-0.25, -0.2) is 0 Å². The molecular weight excluding hydrogens is 427 g/mol. The minimum absolute atomic E-state index is 0.00447. The van der Waals surface area contributed by atoms with Gasteiger partial charge < -0.3 is 10.6 Å². The molecule has 5 nitrogen and oxygen atoms in total. The van der Waals surface area contributed by atoms with Gasteiger partial charge in [0.25, 0.3) is 0 Å². The molecule has 1 aromatic heterocycles. The van der Waals surface area contributed by atoms with Crippen LogP contribution >= 0.6 is 58.0 Å². The van der Waals surface area contributed by atoms with E-state index in [1.807, 2.05) is 0 Å². The number of rotatable bonds is 4. The van der Waals surface area contributed by atoms with E-state index in [1.54, 1.807) is 36.4 Å². The zero-order valence-corrected chi connectivity index (χ0v) is 16.0. The highest BCUT2D eigenvalue weighted by Gasteiger charge is 2.10. The van der Waals surface area contributed by atoms with E-state index in [0.29, 0.717) is 31.5 Å². The summed E-state index contributed by atoms with van der Waals surface area (Å²) in [5.41, 5.74) is 1.15. The fourth-order valence-electron chi connectivity index (χ4n) is 1.88. The third-order valence-electron chi connectivity index (χ3n) is 2.96. The highest BCUT2D eigenvalue weighted by molar-refractivity contribution is 6.37. The van der Waals surface area contributed by atoms with Crippen molar-refractivity contribution < 1.29 is 0 Å². The Hall–Kier alpha value is -1.50. The fourth-order valence-corrected chi connectivity index (χ4v) is 2.96. The molecule has 0 unspecified atom stereocenters. The quantitative estimate of drug-likeness (QED) is 0.482. The maximum absolute atomic E-state index is 6.13. The second-order valence-corrected chi connectivity index (χ2v) is 6.78. The molecule has 0 amide bonds. The molecule has 0 fully saturated rings. The van der Waals surface area contributed by atoms with E-state index in [9.17, 15) is 0 Å². The SMILES string of the molecule is Clc1ccc(Nc2nc(Cl)nc(Nc3ccc(Cl)cc3Cl)n2)c(Cl)c1. The summed E-state index contributed by atoms with van der Waals surface area (Å²) < 4.78 is 0. The molecule has 0 radical (unpaired) electrons. The van der Waals surface area contributed by atoms with E-state index < -0.39 is 0 Å². The van der Waals surface area contributed by atoms with Crippen LogP contribution in [0.15, 0.2) is 36.4 Å². The molecule has 0 spiro atoms. The van der Waals surface area contributed by atoms with Crippen LogP contribution in [0.25, 0.3) is 0 Å². The second-order valence-electron chi connectivity index (χ2n) is 4.75. The van der Waals surface area contributed by atoms with Crippen LogP contribution in [0, 0.1) is 0 Å². The van der Waals surface area contributed by atoms with Crippen LogP contribution in [0.5, 0.6) is 0 Å². The maximum atomic E-state index is 6.13. The molecule has 2 N–H and O–H groups in total. The average Bonchev–Trinajstić information content (AvgIpc) is 2.52. The first-order valence-corrected chi connectivity index (χ1v) is 8.65. The van der Waals surface area contributed by atoms with Crippen LogP contribution in [0.4, 0.5) is 23.3 Å². The van der Waals surface area contributed by atoms with Crippen molar-refractivity contribution in [3.05, 3.63) is 61.8 Å². The molecule has 3 aromatic rings. The molecular formula is C15H8Cl5N5. The molecule has 0 aliphatic heterocycles. The summed E-state index contributed by atoms with van der Waals surface area (Å²) >= 11 is 30.0. The molecule has 0 atom stereocenters. The minimum atomic E-state index is -0.00447. The number of aromatic nitrogens is 3. The van der Waals surface area contributed by atoms with Crippen LogP contribution in [-0.4, -0.2) is 15.0 Å². The summed E-state index contributed by atoms with van der Waals surface area (Å²) in [7, 11) is 0. The molecule has 0 aliphatic carbocycles. The van der Waals surface area contributed by atoms with Gasteiger partial charge in [-0.3, -0.25) is 0 Å². The number of hydrogen-bond donors (Lipinski definition) is 2. The van der Waals surface area contributed by atoms with Crippen molar-refractivity contribution in [2.75, 3.05) is 10.6 Å². The third kappa shape index (κ3) is 4.77. The highest BCUT2D eigenvalue weighted by Crippen LogP contribution is 2.29. The van der Waals surface area contributed by atoms with Crippen molar-refractivity contribution in [2.45, 2.75) is 0 Å². The predicted molar refractivity (Wildman–Crippen MR) is 104 cm³/mol. The Kier molecular flexibility index (Phi) is 5.71. The van der Waals surface area contributed by atoms with E-state index in [2.05, 4.69) is 25.6 Å². The van der Waals surface area contributed by atoms with Gasteiger partial charge in [0.05, 0.1) is 21.4 Å². The summed E-state index contributed by atoms with van der Waals surface area (Å²) in [6.45, 7) is 0. The zero-order chi connectivity index (χ0) is 18.0. The maximum Gasteiger partial charge on any atom is 0.233 e. The minimum Gasteiger partial charge on any atom is -0.323 e. The molecule has 1 heterocycles. The predicted octanol–water partition coefficient (Wildman–Crippen LogP) is 6.63. The Morgan fingerprint density at radius 2 is 1.04 bits per heavy atom. The van der Waals surface area contributed by atoms with E-state index in [1.165, 1.54) is 0 Å². The molecule has 128 valence electrons. The second kappa shape index (κ2) is 7.81. The third-order valence-corrected chi connectivity index (χ3v) is 4.23. The fraction of sp³-hybridized carbons (Fsp3) is 0. The molecule has 10 heteroatoms. The lowest BCUT2D eigenvalue weighted by Gasteiger charge is -2.10. The lowest BCUT2D eigenvalue weighted by atomic mass is 10.3. The summed E-state index contributed by atoms with van der Waals surface area (Å²) in [6, 6.07) is 9.97. The van der Waals surface area contributed by atoms with Gasteiger partial charge in [-0.1, -0.05) is 46.4 Å². The van der Waals surface area contributed by atoms with Gasteiger partial charge >= 0.3 is 0 Å². The van der Waals surface area contributed by atoms with Crippen molar-refractivity contribution in [3.63, 3.8) is 0 Å². The first-order chi connectivity index (χ1) is 11.9. The summed E-state index contributed by atoms with van der Waals surface area (Å²) in [6.07, 6.45) is 0. The van der Waals surface area contributed by atoms with Gasteiger partial charge in [0, 0.05) is 10.0 Å².